The topological polar surface area (TPSA) is 103 Å². The molecule has 0 aromatic heterocycles. The molecule has 0 radical (unpaired) electrons. The summed E-state index contributed by atoms with van der Waals surface area (Å²) in [7, 11) is 0. The van der Waals surface area contributed by atoms with Crippen LogP contribution in [0.5, 0.6) is 5.75 Å². The number of rotatable bonds is 5. The summed E-state index contributed by atoms with van der Waals surface area (Å²) >= 11 is 6.81. The Bertz CT molecular complexity index is 1080. The largest absolute Gasteiger partial charge is 0.507 e. The Morgan fingerprint density at radius 1 is 1.29 bits per heavy atom. The fourth-order valence-corrected chi connectivity index (χ4v) is 3.58. The molecule has 2 aromatic carbocycles. The summed E-state index contributed by atoms with van der Waals surface area (Å²) < 4.78 is 38.5. The van der Waals surface area contributed by atoms with Crippen molar-refractivity contribution in [3.8, 4) is 5.75 Å². The molecule has 1 fully saturated rings. The van der Waals surface area contributed by atoms with Crippen LogP contribution in [-0.2, 0) is 15.8 Å². The van der Waals surface area contributed by atoms with Gasteiger partial charge < -0.3 is 15.7 Å². The zero-order valence-electron chi connectivity index (χ0n) is 15.5. The van der Waals surface area contributed by atoms with E-state index in [1.54, 1.807) is 18.2 Å². The van der Waals surface area contributed by atoms with Gasteiger partial charge in [0.2, 0.25) is 11.8 Å². The number of phenols is 1. The number of carbonyl (C=O) groups is 2. The third kappa shape index (κ3) is 5.98. The van der Waals surface area contributed by atoms with E-state index in [2.05, 4.69) is 20.8 Å². The summed E-state index contributed by atoms with van der Waals surface area (Å²) in [5, 5.41) is 21.3. The summed E-state index contributed by atoms with van der Waals surface area (Å²) in [5.41, 5.74) is -0.738. The lowest BCUT2D eigenvalue weighted by atomic mass is 10.2. The molecule has 0 saturated carbocycles. The first-order valence-corrected chi connectivity index (χ1v) is 9.92. The van der Waals surface area contributed by atoms with Crippen LogP contribution >= 0.6 is 23.4 Å². The molecule has 12 heteroatoms. The zero-order valence-corrected chi connectivity index (χ0v) is 17.1. The van der Waals surface area contributed by atoms with E-state index in [1.807, 2.05) is 0 Å². The number of alkyl halides is 3. The molecule has 3 N–H and O–H groups in total. The fourth-order valence-electron chi connectivity index (χ4n) is 2.49. The SMILES string of the molecule is O=C(C[C@H]1S/C(=N/N=C\c2ccccc2O)NC1=O)Nc1cc(C(F)(F)F)ccc1Cl. The highest BCUT2D eigenvalue weighted by Crippen LogP contribution is 2.34. The Morgan fingerprint density at radius 2 is 2.03 bits per heavy atom. The molecule has 0 spiro atoms. The van der Waals surface area contributed by atoms with Crippen molar-refractivity contribution in [3.63, 3.8) is 0 Å². The average Bonchev–Trinajstić information content (AvgIpc) is 3.03. The lowest BCUT2D eigenvalue weighted by molar-refractivity contribution is -0.137. The van der Waals surface area contributed by atoms with E-state index in [0.29, 0.717) is 5.56 Å². The minimum Gasteiger partial charge on any atom is -0.507 e. The number of amidine groups is 1. The van der Waals surface area contributed by atoms with E-state index >= 15 is 0 Å². The quantitative estimate of drug-likeness (QED) is 0.453. The summed E-state index contributed by atoms with van der Waals surface area (Å²) in [6.07, 6.45) is -3.61. The first kappa shape index (κ1) is 22.6. The van der Waals surface area contributed by atoms with Crippen LogP contribution in [0.1, 0.15) is 17.5 Å². The molecule has 1 saturated heterocycles. The second-order valence-electron chi connectivity index (χ2n) is 6.25. The normalized spacial score (nSPS) is 17.9. The van der Waals surface area contributed by atoms with Gasteiger partial charge in [0.1, 0.15) is 11.0 Å². The van der Waals surface area contributed by atoms with E-state index in [9.17, 15) is 27.9 Å². The molecule has 162 valence electrons. The fraction of sp³-hybridized carbons (Fsp3) is 0.158. The second-order valence-corrected chi connectivity index (χ2v) is 7.85. The van der Waals surface area contributed by atoms with E-state index in [0.717, 1.165) is 30.0 Å². The highest BCUT2D eigenvalue weighted by Gasteiger charge is 2.33. The maximum absolute atomic E-state index is 12.8. The summed E-state index contributed by atoms with van der Waals surface area (Å²) in [4.78, 5) is 24.3. The van der Waals surface area contributed by atoms with Crippen LogP contribution in [0.4, 0.5) is 18.9 Å². The predicted octanol–water partition coefficient (Wildman–Crippen LogP) is 4.01. The maximum atomic E-state index is 12.8. The molecule has 3 rings (SSSR count). The van der Waals surface area contributed by atoms with Gasteiger partial charge >= 0.3 is 6.18 Å². The molecule has 2 aromatic rings. The number of nitrogens with one attached hydrogen (secondary N) is 2. The number of benzene rings is 2. The van der Waals surface area contributed by atoms with Crippen molar-refractivity contribution in [2.45, 2.75) is 17.8 Å². The summed E-state index contributed by atoms with van der Waals surface area (Å²) in [6.45, 7) is 0. The monoisotopic (exact) mass is 470 g/mol. The Hall–Kier alpha value is -3.05. The number of hydrogen-bond donors (Lipinski definition) is 3. The van der Waals surface area contributed by atoms with Crippen molar-refractivity contribution in [2.75, 3.05) is 5.32 Å². The second kappa shape index (κ2) is 9.40. The van der Waals surface area contributed by atoms with Gasteiger partial charge in [-0.1, -0.05) is 35.5 Å². The lowest BCUT2D eigenvalue weighted by Gasteiger charge is -2.12. The molecule has 1 heterocycles. The number of carbonyl (C=O) groups excluding carboxylic acids is 2. The van der Waals surface area contributed by atoms with Crippen molar-refractivity contribution in [2.24, 2.45) is 10.2 Å². The molecule has 7 nitrogen and oxygen atoms in total. The van der Waals surface area contributed by atoms with Gasteiger partial charge in [0.25, 0.3) is 0 Å². The van der Waals surface area contributed by atoms with Crippen LogP contribution in [0.15, 0.2) is 52.7 Å². The van der Waals surface area contributed by atoms with Gasteiger partial charge in [-0.2, -0.15) is 18.3 Å². The van der Waals surface area contributed by atoms with Gasteiger partial charge in [-0.25, -0.2) is 0 Å². The van der Waals surface area contributed by atoms with Crippen LogP contribution in [0, 0.1) is 0 Å². The molecule has 0 unspecified atom stereocenters. The van der Waals surface area contributed by atoms with Crippen molar-refractivity contribution < 1.29 is 27.9 Å². The Labute approximate surface area is 183 Å². The van der Waals surface area contributed by atoms with Crippen LogP contribution in [0.2, 0.25) is 5.02 Å². The van der Waals surface area contributed by atoms with E-state index in [-0.39, 0.29) is 28.0 Å². The van der Waals surface area contributed by atoms with Gasteiger partial charge in [-0.15, -0.1) is 5.10 Å². The standard InChI is InChI=1S/C19H14ClF3N4O3S/c20-12-6-5-11(19(21,22)23)7-13(12)25-16(29)8-15-17(30)26-18(31-15)27-24-9-10-3-1-2-4-14(10)28/h1-7,9,15,28H,8H2,(H,25,29)(H,26,27,30)/b24-9-/t15-/m1/s1. The van der Waals surface area contributed by atoms with Crippen LogP contribution in [0.3, 0.4) is 0 Å². The van der Waals surface area contributed by atoms with Gasteiger partial charge in [0, 0.05) is 12.0 Å². The van der Waals surface area contributed by atoms with Crippen LogP contribution < -0.4 is 10.6 Å². The molecule has 2 amide bonds. The Balaban J connectivity index is 1.61. The van der Waals surface area contributed by atoms with E-state index in [4.69, 9.17) is 11.6 Å². The summed E-state index contributed by atoms with van der Waals surface area (Å²) in [6, 6.07) is 9.00. The number of anilines is 1. The maximum Gasteiger partial charge on any atom is 0.416 e. The first-order chi connectivity index (χ1) is 14.6. The number of nitrogens with zero attached hydrogens (tertiary/aromatic N) is 2. The number of phenolic OH excluding ortho intramolecular Hbond substituents is 1. The highest BCUT2D eigenvalue weighted by molar-refractivity contribution is 8.15. The van der Waals surface area contributed by atoms with Crippen molar-refractivity contribution in [1.29, 1.82) is 0 Å². The Kier molecular flexibility index (Phi) is 6.86. The van der Waals surface area contributed by atoms with E-state index in [1.165, 1.54) is 12.3 Å². The third-order valence-corrected chi connectivity index (χ3v) is 5.40. The average molecular weight is 471 g/mol. The smallest absolute Gasteiger partial charge is 0.416 e. The highest BCUT2D eigenvalue weighted by atomic mass is 35.5. The van der Waals surface area contributed by atoms with Crippen molar-refractivity contribution >= 4 is 52.2 Å². The number of para-hydroxylation sites is 1. The van der Waals surface area contributed by atoms with Crippen LogP contribution in [-0.4, -0.2) is 33.6 Å². The van der Waals surface area contributed by atoms with Gasteiger partial charge in [0.15, 0.2) is 5.17 Å². The molecule has 0 bridgehead atoms. The molecule has 31 heavy (non-hydrogen) atoms. The lowest BCUT2D eigenvalue weighted by Crippen LogP contribution is -2.28. The van der Waals surface area contributed by atoms with Gasteiger partial charge in [0.05, 0.1) is 22.5 Å². The van der Waals surface area contributed by atoms with Gasteiger partial charge in [-0.05, 0) is 30.3 Å². The third-order valence-electron chi connectivity index (χ3n) is 4.00. The molecular formula is C19H14ClF3N4O3S. The van der Waals surface area contributed by atoms with Crippen LogP contribution in [0.25, 0.3) is 0 Å². The van der Waals surface area contributed by atoms with E-state index < -0.39 is 28.8 Å². The molecular weight excluding hydrogens is 457 g/mol. The minimum atomic E-state index is -4.59. The Morgan fingerprint density at radius 3 is 2.74 bits per heavy atom. The number of thioether (sulfide) groups is 1. The summed E-state index contributed by atoms with van der Waals surface area (Å²) in [5.74, 6) is -1.17. The number of hydrogen-bond acceptors (Lipinski definition) is 6. The zero-order chi connectivity index (χ0) is 22.6. The predicted molar refractivity (Wildman–Crippen MR) is 112 cm³/mol. The molecule has 1 aliphatic heterocycles. The van der Waals surface area contributed by atoms with Crippen molar-refractivity contribution in [1.82, 2.24) is 5.32 Å². The van der Waals surface area contributed by atoms with Gasteiger partial charge in [-0.3, -0.25) is 9.59 Å². The molecule has 1 aliphatic rings. The molecule has 1 atom stereocenters. The number of aromatic hydroxyl groups is 1. The first-order valence-electron chi connectivity index (χ1n) is 8.66. The number of amides is 2. The number of halogens is 4. The molecule has 0 aliphatic carbocycles. The van der Waals surface area contributed by atoms with Crippen molar-refractivity contribution in [3.05, 3.63) is 58.6 Å². The minimum absolute atomic E-state index is 0.0114.